The maximum atomic E-state index is 6.23. The van der Waals surface area contributed by atoms with E-state index >= 15 is 0 Å². The Labute approximate surface area is 130 Å². The van der Waals surface area contributed by atoms with E-state index in [-0.39, 0.29) is 6.04 Å². The van der Waals surface area contributed by atoms with Gasteiger partial charge in [-0.05, 0) is 37.7 Å². The van der Waals surface area contributed by atoms with Crippen molar-refractivity contribution in [2.45, 2.75) is 13.0 Å². The largest absolute Gasteiger partial charge is 0.495 e. The lowest BCUT2D eigenvalue weighted by atomic mass is 9.98. The number of benzene rings is 2. The highest BCUT2D eigenvalue weighted by Gasteiger charge is 2.17. The van der Waals surface area contributed by atoms with E-state index in [4.69, 9.17) is 21.1 Å². The van der Waals surface area contributed by atoms with Crippen LogP contribution in [0.15, 0.2) is 42.5 Å². The molecular formula is C17H20ClNO2. The molecule has 1 unspecified atom stereocenters. The van der Waals surface area contributed by atoms with Crippen molar-refractivity contribution in [3.8, 4) is 11.5 Å². The minimum Gasteiger partial charge on any atom is -0.495 e. The predicted molar refractivity (Wildman–Crippen MR) is 86.5 cm³/mol. The van der Waals surface area contributed by atoms with Crippen LogP contribution in [0.4, 0.5) is 0 Å². The second-order valence-electron chi connectivity index (χ2n) is 4.59. The summed E-state index contributed by atoms with van der Waals surface area (Å²) in [4.78, 5) is 0. The summed E-state index contributed by atoms with van der Waals surface area (Å²) in [5.74, 6) is 1.56. The van der Waals surface area contributed by atoms with Gasteiger partial charge in [0.2, 0.25) is 0 Å². The molecule has 21 heavy (non-hydrogen) atoms. The van der Waals surface area contributed by atoms with Gasteiger partial charge in [-0.2, -0.15) is 0 Å². The lowest BCUT2D eigenvalue weighted by Gasteiger charge is -2.21. The molecule has 2 aromatic rings. The number of rotatable bonds is 6. The third-order valence-electron chi connectivity index (χ3n) is 3.33. The third-order valence-corrected chi connectivity index (χ3v) is 3.62. The molecule has 0 spiro atoms. The highest BCUT2D eigenvalue weighted by Crippen LogP contribution is 2.33. The van der Waals surface area contributed by atoms with Crippen LogP contribution in [0.1, 0.15) is 24.1 Å². The van der Waals surface area contributed by atoms with E-state index < -0.39 is 0 Å². The highest BCUT2D eigenvalue weighted by molar-refractivity contribution is 6.32. The molecule has 0 fully saturated rings. The molecule has 2 aromatic carbocycles. The number of ether oxygens (including phenoxy) is 2. The van der Waals surface area contributed by atoms with Crippen molar-refractivity contribution < 1.29 is 9.47 Å². The molecule has 0 aliphatic heterocycles. The van der Waals surface area contributed by atoms with Crippen LogP contribution in [-0.4, -0.2) is 20.8 Å². The molecular weight excluding hydrogens is 286 g/mol. The first-order valence-corrected chi connectivity index (χ1v) is 7.31. The molecule has 0 heterocycles. The fraction of sp³-hybridized carbons (Fsp3) is 0.294. The Hall–Kier alpha value is -1.71. The maximum Gasteiger partial charge on any atom is 0.137 e. The molecule has 0 aromatic heterocycles. The van der Waals surface area contributed by atoms with Crippen molar-refractivity contribution in [1.29, 1.82) is 0 Å². The summed E-state index contributed by atoms with van der Waals surface area (Å²) in [6.07, 6.45) is 0. The number of para-hydroxylation sites is 1. The smallest absolute Gasteiger partial charge is 0.137 e. The molecule has 0 saturated carbocycles. The van der Waals surface area contributed by atoms with Crippen LogP contribution in [0.3, 0.4) is 0 Å². The van der Waals surface area contributed by atoms with E-state index in [1.807, 2.05) is 50.4 Å². The minimum absolute atomic E-state index is 0.0103. The molecule has 112 valence electrons. The van der Waals surface area contributed by atoms with Crippen LogP contribution in [-0.2, 0) is 0 Å². The Kier molecular flexibility index (Phi) is 5.48. The number of nitrogens with one attached hydrogen (secondary N) is 1. The van der Waals surface area contributed by atoms with E-state index in [9.17, 15) is 0 Å². The van der Waals surface area contributed by atoms with Gasteiger partial charge in [-0.3, -0.25) is 0 Å². The van der Waals surface area contributed by atoms with E-state index in [2.05, 4.69) is 11.4 Å². The first-order chi connectivity index (χ1) is 10.2. The van der Waals surface area contributed by atoms with Gasteiger partial charge in [0.25, 0.3) is 0 Å². The number of hydrogen-bond acceptors (Lipinski definition) is 3. The summed E-state index contributed by atoms with van der Waals surface area (Å²) in [5.41, 5.74) is 2.15. The SMILES string of the molecule is CCOc1ccccc1C(NC)c1ccc(OC)c(Cl)c1. The maximum absolute atomic E-state index is 6.23. The molecule has 1 N–H and O–H groups in total. The zero-order valence-corrected chi connectivity index (χ0v) is 13.3. The highest BCUT2D eigenvalue weighted by atomic mass is 35.5. The van der Waals surface area contributed by atoms with Crippen molar-refractivity contribution in [3.63, 3.8) is 0 Å². The van der Waals surface area contributed by atoms with Gasteiger partial charge in [-0.1, -0.05) is 35.9 Å². The average Bonchev–Trinajstić information content (AvgIpc) is 2.50. The number of hydrogen-bond donors (Lipinski definition) is 1. The average molecular weight is 306 g/mol. The third kappa shape index (κ3) is 3.49. The van der Waals surface area contributed by atoms with Crippen molar-refractivity contribution >= 4 is 11.6 Å². The quantitative estimate of drug-likeness (QED) is 0.873. The van der Waals surface area contributed by atoms with Crippen LogP contribution in [0.5, 0.6) is 11.5 Å². The Morgan fingerprint density at radius 1 is 1.14 bits per heavy atom. The first kappa shape index (κ1) is 15.7. The predicted octanol–water partition coefficient (Wildman–Crippen LogP) is 4.06. The summed E-state index contributed by atoms with van der Waals surface area (Å²) < 4.78 is 10.9. The molecule has 0 saturated heterocycles. The fourth-order valence-corrected chi connectivity index (χ4v) is 2.64. The molecule has 0 bridgehead atoms. The molecule has 0 amide bonds. The van der Waals surface area contributed by atoms with Crippen molar-refractivity contribution in [2.24, 2.45) is 0 Å². The Morgan fingerprint density at radius 2 is 1.90 bits per heavy atom. The number of methoxy groups -OCH3 is 1. The van der Waals surface area contributed by atoms with Crippen molar-refractivity contribution in [1.82, 2.24) is 5.32 Å². The molecule has 4 heteroatoms. The van der Waals surface area contributed by atoms with Crippen LogP contribution in [0, 0.1) is 0 Å². The minimum atomic E-state index is 0.0103. The standard InChI is InChI=1S/C17H20ClNO2/c1-4-21-15-8-6-5-7-13(15)17(19-2)12-9-10-16(20-3)14(18)11-12/h5-11,17,19H,4H2,1-3H3. The molecule has 0 aliphatic carbocycles. The van der Waals surface area contributed by atoms with Gasteiger partial charge in [0, 0.05) is 5.56 Å². The van der Waals surface area contributed by atoms with Gasteiger partial charge < -0.3 is 14.8 Å². The molecule has 0 radical (unpaired) electrons. The van der Waals surface area contributed by atoms with Gasteiger partial charge in [0.05, 0.1) is 24.8 Å². The van der Waals surface area contributed by atoms with E-state index in [1.54, 1.807) is 7.11 Å². The summed E-state index contributed by atoms with van der Waals surface area (Å²) in [7, 11) is 3.53. The zero-order valence-electron chi connectivity index (χ0n) is 12.5. The van der Waals surface area contributed by atoms with Crippen LogP contribution < -0.4 is 14.8 Å². The van der Waals surface area contributed by atoms with Crippen LogP contribution in [0.2, 0.25) is 5.02 Å². The summed E-state index contributed by atoms with van der Waals surface area (Å²) in [6, 6.07) is 13.8. The van der Waals surface area contributed by atoms with Gasteiger partial charge in [-0.25, -0.2) is 0 Å². The Morgan fingerprint density at radius 3 is 2.52 bits per heavy atom. The van der Waals surface area contributed by atoms with Gasteiger partial charge >= 0.3 is 0 Å². The second kappa shape index (κ2) is 7.34. The lowest BCUT2D eigenvalue weighted by Crippen LogP contribution is -2.18. The van der Waals surface area contributed by atoms with Gasteiger partial charge in [0.1, 0.15) is 11.5 Å². The normalized spacial score (nSPS) is 12.0. The fourth-order valence-electron chi connectivity index (χ4n) is 2.37. The number of halogens is 1. The van der Waals surface area contributed by atoms with Crippen LogP contribution in [0.25, 0.3) is 0 Å². The Balaban J connectivity index is 2.42. The van der Waals surface area contributed by atoms with E-state index in [0.29, 0.717) is 17.4 Å². The topological polar surface area (TPSA) is 30.5 Å². The van der Waals surface area contributed by atoms with Gasteiger partial charge in [-0.15, -0.1) is 0 Å². The molecule has 2 rings (SSSR count). The monoisotopic (exact) mass is 305 g/mol. The van der Waals surface area contributed by atoms with E-state index in [1.165, 1.54) is 0 Å². The summed E-state index contributed by atoms with van der Waals surface area (Å²) >= 11 is 6.23. The molecule has 1 atom stereocenters. The molecule has 3 nitrogen and oxygen atoms in total. The zero-order chi connectivity index (χ0) is 15.2. The van der Waals surface area contributed by atoms with E-state index in [0.717, 1.165) is 16.9 Å². The molecule has 0 aliphatic rings. The lowest BCUT2D eigenvalue weighted by molar-refractivity contribution is 0.334. The van der Waals surface area contributed by atoms with Crippen molar-refractivity contribution in [2.75, 3.05) is 20.8 Å². The van der Waals surface area contributed by atoms with Crippen molar-refractivity contribution in [3.05, 3.63) is 58.6 Å². The Bertz CT molecular complexity index is 601. The second-order valence-corrected chi connectivity index (χ2v) is 4.99. The van der Waals surface area contributed by atoms with Gasteiger partial charge in [0.15, 0.2) is 0 Å². The van der Waals surface area contributed by atoms with Crippen LogP contribution >= 0.6 is 11.6 Å². The summed E-state index contributed by atoms with van der Waals surface area (Å²) in [6.45, 7) is 2.62. The first-order valence-electron chi connectivity index (χ1n) is 6.93. The summed E-state index contributed by atoms with van der Waals surface area (Å²) in [5, 5.41) is 3.92.